The van der Waals surface area contributed by atoms with Gasteiger partial charge in [0, 0.05) is 43.5 Å². The molecule has 3 heterocycles. The number of rotatable bonds is 8. The highest BCUT2D eigenvalue weighted by Gasteiger charge is 2.18. The molecule has 35 heavy (non-hydrogen) atoms. The van der Waals surface area contributed by atoms with Crippen LogP contribution in [0.3, 0.4) is 0 Å². The van der Waals surface area contributed by atoms with E-state index in [9.17, 15) is 9.59 Å². The normalized spacial score (nSPS) is 10.7. The average molecular weight is 476 g/mol. The van der Waals surface area contributed by atoms with Crippen LogP contribution in [0, 0.1) is 0 Å². The van der Waals surface area contributed by atoms with E-state index in [0.29, 0.717) is 45.4 Å². The van der Waals surface area contributed by atoms with Crippen LogP contribution in [0.5, 0.6) is 17.2 Å². The first-order valence-corrected chi connectivity index (χ1v) is 10.9. The standard InChI is InChI=1S/C24H25N7O4/c1-5-14-8-22(30-29-14)28-23(32)11-21-26-12-15(13-27-21)35-19-6-7-25-18-10-20(34-4)17(9-16(18)19)24(33)31(2)3/h6-10,12-13H,5,11H2,1-4H3,(H2,28,29,30,32). The number of aromatic amines is 1. The quantitative estimate of drug-likeness (QED) is 0.397. The Labute approximate surface area is 201 Å². The molecule has 11 heteroatoms. The van der Waals surface area contributed by atoms with Crippen LogP contribution in [0.25, 0.3) is 10.9 Å². The van der Waals surface area contributed by atoms with Crippen molar-refractivity contribution in [1.29, 1.82) is 0 Å². The molecule has 2 amide bonds. The third-order valence-corrected chi connectivity index (χ3v) is 5.17. The molecular formula is C24H25N7O4. The summed E-state index contributed by atoms with van der Waals surface area (Å²) in [6.07, 6.45) is 5.36. The number of carbonyl (C=O) groups excluding carboxylic acids is 2. The zero-order valence-electron chi connectivity index (χ0n) is 19.8. The van der Waals surface area contributed by atoms with Gasteiger partial charge in [0.15, 0.2) is 11.6 Å². The van der Waals surface area contributed by atoms with Crippen molar-refractivity contribution in [3.05, 3.63) is 59.9 Å². The Balaban J connectivity index is 1.51. The van der Waals surface area contributed by atoms with E-state index in [1.807, 2.05) is 6.92 Å². The molecule has 0 bridgehead atoms. The molecular weight excluding hydrogens is 450 g/mol. The summed E-state index contributed by atoms with van der Waals surface area (Å²) < 4.78 is 11.4. The Morgan fingerprint density at radius 3 is 2.51 bits per heavy atom. The zero-order chi connectivity index (χ0) is 24.9. The number of fused-ring (bicyclic) bond motifs is 1. The van der Waals surface area contributed by atoms with Gasteiger partial charge < -0.3 is 19.7 Å². The van der Waals surface area contributed by atoms with Crippen molar-refractivity contribution in [2.45, 2.75) is 19.8 Å². The Morgan fingerprint density at radius 2 is 1.86 bits per heavy atom. The molecule has 4 aromatic rings. The maximum absolute atomic E-state index is 12.6. The summed E-state index contributed by atoms with van der Waals surface area (Å²) in [5, 5.41) is 10.2. The largest absolute Gasteiger partial charge is 0.496 e. The Hall–Kier alpha value is -4.54. The van der Waals surface area contributed by atoms with E-state index in [-0.39, 0.29) is 18.2 Å². The van der Waals surface area contributed by atoms with Crippen molar-refractivity contribution < 1.29 is 19.1 Å². The summed E-state index contributed by atoms with van der Waals surface area (Å²) in [7, 11) is 4.84. The molecule has 0 atom stereocenters. The summed E-state index contributed by atoms with van der Waals surface area (Å²) in [4.78, 5) is 39.2. The number of benzene rings is 1. The minimum Gasteiger partial charge on any atom is -0.496 e. The minimum atomic E-state index is -0.278. The van der Waals surface area contributed by atoms with Crippen LogP contribution in [0.1, 0.15) is 28.8 Å². The fourth-order valence-electron chi connectivity index (χ4n) is 3.37. The molecule has 2 N–H and O–H groups in total. The number of carbonyl (C=O) groups is 2. The summed E-state index contributed by atoms with van der Waals surface area (Å²) in [6.45, 7) is 1.99. The van der Waals surface area contributed by atoms with E-state index >= 15 is 0 Å². The van der Waals surface area contributed by atoms with E-state index in [4.69, 9.17) is 9.47 Å². The van der Waals surface area contributed by atoms with Crippen LogP contribution in [0.4, 0.5) is 5.82 Å². The lowest BCUT2D eigenvalue weighted by Gasteiger charge is -2.15. The maximum Gasteiger partial charge on any atom is 0.257 e. The minimum absolute atomic E-state index is 0.0113. The zero-order valence-corrected chi connectivity index (χ0v) is 19.8. The van der Waals surface area contributed by atoms with Crippen molar-refractivity contribution in [3.63, 3.8) is 0 Å². The van der Waals surface area contributed by atoms with Crippen LogP contribution in [-0.2, 0) is 17.6 Å². The molecule has 0 radical (unpaired) electrons. The third-order valence-electron chi connectivity index (χ3n) is 5.17. The topological polar surface area (TPSA) is 135 Å². The van der Waals surface area contributed by atoms with Crippen LogP contribution in [-0.4, -0.2) is 63.1 Å². The summed E-state index contributed by atoms with van der Waals surface area (Å²) >= 11 is 0. The number of amides is 2. The predicted octanol–water partition coefficient (Wildman–Crippen LogP) is 2.99. The second-order valence-electron chi connectivity index (χ2n) is 7.87. The molecule has 0 fully saturated rings. The number of nitrogens with zero attached hydrogens (tertiary/aromatic N) is 5. The van der Waals surface area contributed by atoms with Crippen LogP contribution in [0.15, 0.2) is 42.9 Å². The van der Waals surface area contributed by atoms with E-state index in [1.54, 1.807) is 44.6 Å². The second kappa shape index (κ2) is 10.2. The van der Waals surface area contributed by atoms with Gasteiger partial charge in [0.2, 0.25) is 5.91 Å². The average Bonchev–Trinajstić information content (AvgIpc) is 3.31. The van der Waals surface area contributed by atoms with Crippen molar-refractivity contribution in [2.24, 2.45) is 0 Å². The first-order valence-electron chi connectivity index (χ1n) is 10.9. The molecule has 0 spiro atoms. The third kappa shape index (κ3) is 5.35. The summed E-state index contributed by atoms with van der Waals surface area (Å²) in [5.74, 6) is 1.59. The molecule has 11 nitrogen and oxygen atoms in total. The van der Waals surface area contributed by atoms with Crippen molar-refractivity contribution in [1.82, 2.24) is 30.0 Å². The lowest BCUT2D eigenvalue weighted by Crippen LogP contribution is -2.22. The van der Waals surface area contributed by atoms with E-state index in [2.05, 4.69) is 30.5 Å². The lowest BCUT2D eigenvalue weighted by atomic mass is 10.1. The molecule has 180 valence electrons. The predicted molar refractivity (Wildman–Crippen MR) is 129 cm³/mol. The van der Waals surface area contributed by atoms with Crippen LogP contribution in [0.2, 0.25) is 0 Å². The van der Waals surface area contributed by atoms with Crippen molar-refractivity contribution >= 4 is 28.5 Å². The van der Waals surface area contributed by atoms with Crippen LogP contribution >= 0.6 is 0 Å². The molecule has 3 aromatic heterocycles. The number of pyridine rings is 1. The summed E-state index contributed by atoms with van der Waals surface area (Å²) in [5.41, 5.74) is 1.93. The number of H-pyrrole nitrogens is 1. The molecule has 0 aliphatic carbocycles. The molecule has 0 saturated carbocycles. The Morgan fingerprint density at radius 1 is 1.09 bits per heavy atom. The molecule has 4 rings (SSSR count). The molecule has 1 aromatic carbocycles. The van der Waals surface area contributed by atoms with Gasteiger partial charge in [-0.2, -0.15) is 5.10 Å². The first-order chi connectivity index (χ1) is 16.9. The van der Waals surface area contributed by atoms with Gasteiger partial charge in [0.25, 0.3) is 5.91 Å². The van der Waals surface area contributed by atoms with E-state index in [1.165, 1.54) is 24.4 Å². The Kier molecular flexibility index (Phi) is 6.86. The number of anilines is 1. The van der Waals surface area contributed by atoms with Gasteiger partial charge in [-0.3, -0.25) is 19.7 Å². The van der Waals surface area contributed by atoms with E-state index < -0.39 is 0 Å². The van der Waals surface area contributed by atoms with Gasteiger partial charge in [0.1, 0.15) is 17.3 Å². The van der Waals surface area contributed by atoms with E-state index in [0.717, 1.165) is 12.1 Å². The SMILES string of the molecule is CCc1cc(NC(=O)Cc2ncc(Oc3ccnc4cc(OC)c(C(=O)N(C)C)cc34)cn2)n[nH]1. The maximum atomic E-state index is 12.6. The highest BCUT2D eigenvalue weighted by atomic mass is 16.5. The molecule has 0 aliphatic rings. The fourth-order valence-corrected chi connectivity index (χ4v) is 3.37. The molecule has 0 aliphatic heterocycles. The number of nitrogens with one attached hydrogen (secondary N) is 2. The second-order valence-corrected chi connectivity index (χ2v) is 7.87. The van der Waals surface area contributed by atoms with Gasteiger partial charge in [-0.05, 0) is 18.6 Å². The number of aromatic nitrogens is 5. The lowest BCUT2D eigenvalue weighted by molar-refractivity contribution is -0.115. The van der Waals surface area contributed by atoms with Gasteiger partial charge >= 0.3 is 0 Å². The fraction of sp³-hybridized carbons (Fsp3) is 0.250. The van der Waals surface area contributed by atoms with Crippen LogP contribution < -0.4 is 14.8 Å². The van der Waals surface area contributed by atoms with Gasteiger partial charge in [-0.25, -0.2) is 9.97 Å². The highest BCUT2D eigenvalue weighted by Crippen LogP contribution is 2.33. The number of methoxy groups -OCH3 is 1. The Bertz CT molecular complexity index is 1370. The molecule has 0 unspecified atom stereocenters. The van der Waals surface area contributed by atoms with Gasteiger partial charge in [0.05, 0.1) is 37.0 Å². The first kappa shape index (κ1) is 23.6. The highest BCUT2D eigenvalue weighted by molar-refractivity contribution is 6.02. The number of hydrogen-bond acceptors (Lipinski definition) is 8. The number of hydrogen-bond donors (Lipinski definition) is 2. The van der Waals surface area contributed by atoms with Crippen molar-refractivity contribution in [3.8, 4) is 17.2 Å². The van der Waals surface area contributed by atoms with Crippen molar-refractivity contribution in [2.75, 3.05) is 26.5 Å². The van der Waals surface area contributed by atoms with Gasteiger partial charge in [-0.1, -0.05) is 6.92 Å². The number of ether oxygens (including phenoxy) is 2. The van der Waals surface area contributed by atoms with Gasteiger partial charge in [-0.15, -0.1) is 0 Å². The smallest absolute Gasteiger partial charge is 0.257 e. The monoisotopic (exact) mass is 475 g/mol. The summed E-state index contributed by atoms with van der Waals surface area (Å²) in [6, 6.07) is 6.85. The molecule has 0 saturated heterocycles. The number of aryl methyl sites for hydroxylation is 1.